The molecule has 0 aliphatic heterocycles. The summed E-state index contributed by atoms with van der Waals surface area (Å²) >= 11 is 1.71. The van der Waals surface area contributed by atoms with E-state index in [9.17, 15) is 0 Å². The quantitative estimate of drug-likeness (QED) is 0.519. The number of hydrogen-bond donors (Lipinski definition) is 0. The molecule has 0 saturated carbocycles. The molecular weight excluding hydrogens is 284 g/mol. The van der Waals surface area contributed by atoms with Gasteiger partial charge in [-0.3, -0.25) is 0 Å². The summed E-state index contributed by atoms with van der Waals surface area (Å²) in [5.41, 5.74) is 1.16. The van der Waals surface area contributed by atoms with Crippen LogP contribution in [0.5, 0.6) is 0 Å². The van der Waals surface area contributed by atoms with Gasteiger partial charge in [0.2, 0.25) is 8.32 Å². The first-order valence-corrected chi connectivity index (χ1v) is 11.1. The predicted octanol–water partition coefficient (Wildman–Crippen LogP) is 5.39. The fourth-order valence-corrected chi connectivity index (χ4v) is 3.74. The third kappa shape index (κ3) is 8.33. The van der Waals surface area contributed by atoms with Gasteiger partial charge in [-0.2, -0.15) is 0 Å². The molecule has 1 rings (SSSR count). The molecule has 0 radical (unpaired) electrons. The van der Waals surface area contributed by atoms with Crippen LogP contribution in [0.1, 0.15) is 26.3 Å². The van der Waals surface area contributed by atoms with Crippen LogP contribution in [0.4, 0.5) is 0 Å². The lowest BCUT2D eigenvalue weighted by molar-refractivity contribution is 0.225. The van der Waals surface area contributed by atoms with Crippen molar-refractivity contribution in [3.63, 3.8) is 0 Å². The van der Waals surface area contributed by atoms with Crippen molar-refractivity contribution in [3.05, 3.63) is 47.2 Å². The summed E-state index contributed by atoms with van der Waals surface area (Å²) in [4.78, 5) is 0. The van der Waals surface area contributed by atoms with Gasteiger partial charge >= 0.3 is 0 Å². The molecule has 0 amide bonds. The van der Waals surface area contributed by atoms with E-state index in [0.717, 1.165) is 10.7 Å². The summed E-state index contributed by atoms with van der Waals surface area (Å²) < 4.78 is 11.9. The van der Waals surface area contributed by atoms with Crippen molar-refractivity contribution in [1.82, 2.24) is 0 Å². The van der Waals surface area contributed by atoms with Crippen molar-refractivity contribution in [1.29, 1.82) is 0 Å². The molecular formula is C16H26O2SSi. The molecule has 1 aromatic carbocycles. The molecule has 0 saturated heterocycles. The Kier molecular flexibility index (Phi) is 6.21. The van der Waals surface area contributed by atoms with Gasteiger partial charge in [0.15, 0.2) is 5.09 Å². The smallest absolute Gasteiger partial charge is 0.243 e. The van der Waals surface area contributed by atoms with Gasteiger partial charge in [0.05, 0.1) is 0 Å². The molecule has 0 N–H and O–H groups in total. The second kappa shape index (κ2) is 7.23. The topological polar surface area (TPSA) is 18.5 Å². The minimum atomic E-state index is -1.62. The molecule has 0 unspecified atom stereocenters. The maximum Gasteiger partial charge on any atom is 0.243 e. The fourth-order valence-electron chi connectivity index (χ4n) is 1.45. The summed E-state index contributed by atoms with van der Waals surface area (Å²) in [5.74, 6) is 0. The van der Waals surface area contributed by atoms with Crippen LogP contribution in [0.25, 0.3) is 0 Å². The molecule has 0 aromatic heterocycles. The van der Waals surface area contributed by atoms with Crippen LogP contribution in [-0.4, -0.2) is 13.1 Å². The minimum absolute atomic E-state index is 0.113. The van der Waals surface area contributed by atoms with Crippen LogP contribution in [0.2, 0.25) is 19.6 Å². The zero-order chi connectivity index (χ0) is 15.2. The first-order chi connectivity index (χ1) is 9.16. The van der Waals surface area contributed by atoms with E-state index in [2.05, 4.69) is 52.5 Å². The Morgan fingerprint density at radius 3 is 2.25 bits per heavy atom. The van der Waals surface area contributed by atoms with Crippen molar-refractivity contribution in [2.45, 2.75) is 51.8 Å². The van der Waals surface area contributed by atoms with Crippen LogP contribution < -0.4 is 0 Å². The van der Waals surface area contributed by atoms with E-state index in [1.165, 1.54) is 0 Å². The van der Waals surface area contributed by atoms with Gasteiger partial charge in [0.25, 0.3) is 0 Å². The van der Waals surface area contributed by atoms with E-state index in [0.29, 0.717) is 6.61 Å². The SMILES string of the molecule is CC(C)(C)SC(=COCc1ccccc1)O[Si](C)(C)C. The zero-order valence-corrected chi connectivity index (χ0v) is 15.2. The average molecular weight is 311 g/mol. The first kappa shape index (κ1) is 17.2. The van der Waals surface area contributed by atoms with Crippen LogP contribution >= 0.6 is 11.8 Å². The van der Waals surface area contributed by atoms with Gasteiger partial charge in [-0.1, -0.05) is 62.9 Å². The van der Waals surface area contributed by atoms with E-state index in [1.807, 2.05) is 18.2 Å². The summed E-state index contributed by atoms with van der Waals surface area (Å²) in [7, 11) is -1.62. The Morgan fingerprint density at radius 1 is 1.15 bits per heavy atom. The van der Waals surface area contributed by atoms with Crippen molar-refractivity contribution in [3.8, 4) is 0 Å². The number of ether oxygens (including phenoxy) is 1. The summed E-state index contributed by atoms with van der Waals surface area (Å²) in [6.45, 7) is 13.6. The van der Waals surface area contributed by atoms with E-state index in [1.54, 1.807) is 18.0 Å². The second-order valence-corrected chi connectivity index (χ2v) is 12.9. The third-order valence-electron chi connectivity index (χ3n) is 2.09. The van der Waals surface area contributed by atoms with Gasteiger partial charge in [0.1, 0.15) is 12.9 Å². The van der Waals surface area contributed by atoms with Gasteiger partial charge in [0, 0.05) is 4.75 Å². The summed E-state index contributed by atoms with van der Waals surface area (Å²) in [6.07, 6.45) is 1.77. The predicted molar refractivity (Wildman–Crippen MR) is 91.1 cm³/mol. The second-order valence-electron chi connectivity index (χ2n) is 6.66. The molecule has 0 bridgehead atoms. The lowest BCUT2D eigenvalue weighted by Crippen LogP contribution is -2.25. The molecule has 112 valence electrons. The first-order valence-electron chi connectivity index (χ1n) is 6.89. The standard InChI is InChI=1S/C16H26O2SSi/c1-16(2,3)19-15(18-20(4,5)6)13-17-12-14-10-8-7-9-11-14/h7-11,13H,12H2,1-6H3. The van der Waals surface area contributed by atoms with Gasteiger partial charge < -0.3 is 9.16 Å². The molecule has 0 aliphatic rings. The average Bonchev–Trinajstić information content (AvgIpc) is 2.25. The molecule has 2 nitrogen and oxygen atoms in total. The number of thioether (sulfide) groups is 1. The molecule has 0 spiro atoms. The van der Waals surface area contributed by atoms with Crippen LogP contribution in [0.15, 0.2) is 41.7 Å². The van der Waals surface area contributed by atoms with Gasteiger partial charge in [-0.15, -0.1) is 0 Å². The molecule has 4 heteroatoms. The molecule has 0 aliphatic carbocycles. The maximum absolute atomic E-state index is 6.09. The number of hydrogen-bond acceptors (Lipinski definition) is 3. The van der Waals surface area contributed by atoms with Crippen molar-refractivity contribution < 1.29 is 9.16 Å². The third-order valence-corrected chi connectivity index (χ3v) is 4.06. The monoisotopic (exact) mass is 310 g/mol. The Bertz CT molecular complexity index is 412. The molecule has 20 heavy (non-hydrogen) atoms. The van der Waals surface area contributed by atoms with Crippen LogP contribution in [0.3, 0.4) is 0 Å². The van der Waals surface area contributed by atoms with E-state index in [-0.39, 0.29) is 4.75 Å². The highest BCUT2D eigenvalue weighted by Crippen LogP contribution is 2.33. The highest BCUT2D eigenvalue weighted by Gasteiger charge is 2.22. The van der Waals surface area contributed by atoms with Crippen molar-refractivity contribution in [2.75, 3.05) is 0 Å². The maximum atomic E-state index is 6.09. The van der Waals surface area contributed by atoms with Crippen LogP contribution in [0, 0.1) is 0 Å². The lowest BCUT2D eigenvalue weighted by Gasteiger charge is -2.25. The highest BCUT2D eigenvalue weighted by molar-refractivity contribution is 8.04. The normalized spacial score (nSPS) is 13.2. The van der Waals surface area contributed by atoms with Gasteiger partial charge in [-0.05, 0) is 25.2 Å². The lowest BCUT2D eigenvalue weighted by atomic mass is 10.2. The molecule has 0 fully saturated rings. The highest BCUT2D eigenvalue weighted by atomic mass is 32.2. The fraction of sp³-hybridized carbons (Fsp3) is 0.500. The largest absolute Gasteiger partial charge is 0.538 e. The summed E-state index contributed by atoms with van der Waals surface area (Å²) in [6, 6.07) is 10.2. The molecule has 0 atom stereocenters. The Balaban J connectivity index is 2.64. The molecule has 1 aromatic rings. The zero-order valence-electron chi connectivity index (χ0n) is 13.4. The van der Waals surface area contributed by atoms with E-state index >= 15 is 0 Å². The van der Waals surface area contributed by atoms with Crippen LogP contribution in [-0.2, 0) is 15.8 Å². The van der Waals surface area contributed by atoms with Gasteiger partial charge in [-0.25, -0.2) is 0 Å². The Labute approximate surface area is 128 Å². The van der Waals surface area contributed by atoms with E-state index in [4.69, 9.17) is 9.16 Å². The van der Waals surface area contributed by atoms with Crippen molar-refractivity contribution in [2.24, 2.45) is 0 Å². The molecule has 0 heterocycles. The summed E-state index contributed by atoms with van der Waals surface area (Å²) in [5, 5.41) is 0.882. The van der Waals surface area contributed by atoms with E-state index < -0.39 is 8.32 Å². The Hall–Kier alpha value is -0.873. The number of benzene rings is 1. The minimum Gasteiger partial charge on any atom is -0.538 e. The number of rotatable bonds is 6. The Morgan fingerprint density at radius 2 is 1.75 bits per heavy atom. The van der Waals surface area contributed by atoms with Crippen molar-refractivity contribution >= 4 is 20.1 Å².